The molecule has 0 spiro atoms. The van der Waals surface area contributed by atoms with E-state index in [0.717, 1.165) is 19.3 Å². The van der Waals surface area contributed by atoms with Gasteiger partial charge in [-0.2, -0.15) is 0 Å². The van der Waals surface area contributed by atoms with Crippen molar-refractivity contribution in [2.45, 2.75) is 32.3 Å². The van der Waals surface area contributed by atoms with Crippen LogP contribution in [-0.4, -0.2) is 25.1 Å². The Bertz CT molecular complexity index is 747. The summed E-state index contributed by atoms with van der Waals surface area (Å²) in [4.78, 5) is 26.3. The minimum atomic E-state index is -0.889. The first-order valence-corrected chi connectivity index (χ1v) is 8.66. The van der Waals surface area contributed by atoms with E-state index in [1.165, 1.54) is 28.9 Å². The highest BCUT2D eigenvalue weighted by Crippen LogP contribution is 2.31. The van der Waals surface area contributed by atoms with Crippen LogP contribution in [0.3, 0.4) is 0 Å². The first kappa shape index (κ1) is 16.5. The minimum absolute atomic E-state index is 0.392. The maximum Gasteiger partial charge on any atom is 0.349 e. The third-order valence-corrected chi connectivity index (χ3v) is 5.18. The van der Waals surface area contributed by atoms with Gasteiger partial charge in [-0.1, -0.05) is 12.1 Å². The van der Waals surface area contributed by atoms with Crippen LogP contribution in [-0.2, 0) is 22.4 Å². The van der Waals surface area contributed by atoms with Crippen molar-refractivity contribution >= 4 is 28.9 Å². The summed E-state index contributed by atoms with van der Waals surface area (Å²) in [5.74, 6) is -0.284. The maximum atomic E-state index is 12.2. The van der Waals surface area contributed by atoms with E-state index in [0.29, 0.717) is 16.3 Å². The smallest absolute Gasteiger partial charge is 0.349 e. The fourth-order valence-electron chi connectivity index (χ4n) is 2.68. The zero-order valence-corrected chi connectivity index (χ0v) is 14.4. The summed E-state index contributed by atoms with van der Waals surface area (Å²) >= 11 is 1.47. The summed E-state index contributed by atoms with van der Waals surface area (Å²) in [6.07, 6.45) is 2.30. The fraction of sp³-hybridized carbons (Fsp3) is 0.333. The Balaban J connectivity index is 1.62. The molecular formula is C18H19NO4S. The van der Waals surface area contributed by atoms with Crippen LogP contribution in [0.5, 0.6) is 5.75 Å². The summed E-state index contributed by atoms with van der Waals surface area (Å²) in [6.45, 7) is 1.56. The van der Waals surface area contributed by atoms with Gasteiger partial charge in [0.05, 0.1) is 12.8 Å². The Kier molecular flexibility index (Phi) is 4.85. The topological polar surface area (TPSA) is 64.6 Å². The van der Waals surface area contributed by atoms with Crippen molar-refractivity contribution in [2.24, 2.45) is 0 Å². The normalized spacial score (nSPS) is 13.9. The summed E-state index contributed by atoms with van der Waals surface area (Å²) in [5, 5.41) is 2.72. The SMILES string of the molecule is COc1ccccc1NC(=O)[C@H](C)OC(=O)c1cc2c(s1)CCC2. The lowest BCUT2D eigenvalue weighted by atomic mass is 10.2. The van der Waals surface area contributed by atoms with Gasteiger partial charge in [-0.3, -0.25) is 4.79 Å². The highest BCUT2D eigenvalue weighted by molar-refractivity contribution is 7.14. The standard InChI is InChI=1S/C18H19NO4S/c1-11(17(20)19-13-7-3-4-8-14(13)22-2)23-18(21)16-10-12-6-5-9-15(12)24-16/h3-4,7-8,10-11H,5-6,9H2,1-2H3,(H,19,20)/t11-/m0/s1. The van der Waals surface area contributed by atoms with E-state index in [1.54, 1.807) is 25.1 Å². The number of methoxy groups -OCH3 is 1. The molecule has 0 saturated carbocycles. The van der Waals surface area contributed by atoms with Crippen molar-refractivity contribution in [3.05, 3.63) is 45.6 Å². The molecule has 1 aliphatic carbocycles. The number of hydrogen-bond donors (Lipinski definition) is 1. The lowest BCUT2D eigenvalue weighted by Crippen LogP contribution is -2.29. The summed E-state index contributed by atoms with van der Waals surface area (Å²) in [6, 6.07) is 8.98. The van der Waals surface area contributed by atoms with Crippen LogP contribution < -0.4 is 10.1 Å². The molecule has 5 nitrogen and oxygen atoms in total. The van der Waals surface area contributed by atoms with Crippen LogP contribution in [0.1, 0.15) is 33.5 Å². The van der Waals surface area contributed by atoms with Gasteiger partial charge in [0, 0.05) is 4.88 Å². The number of thiophene rings is 1. The number of fused-ring (bicyclic) bond motifs is 1. The second-order valence-corrected chi connectivity index (χ2v) is 6.79. The quantitative estimate of drug-likeness (QED) is 0.843. The van der Waals surface area contributed by atoms with Crippen LogP contribution in [0, 0.1) is 0 Å². The van der Waals surface area contributed by atoms with Crippen LogP contribution in [0.4, 0.5) is 5.69 Å². The number of carbonyl (C=O) groups excluding carboxylic acids is 2. The summed E-state index contributed by atoms with van der Waals surface area (Å²) < 4.78 is 10.5. The van der Waals surface area contributed by atoms with Gasteiger partial charge >= 0.3 is 5.97 Å². The molecule has 1 aliphatic rings. The Labute approximate surface area is 144 Å². The molecule has 24 heavy (non-hydrogen) atoms. The summed E-state index contributed by atoms with van der Waals surface area (Å²) in [7, 11) is 1.53. The second-order valence-electron chi connectivity index (χ2n) is 5.65. The molecule has 1 aromatic carbocycles. The van der Waals surface area contributed by atoms with Crippen LogP contribution in [0.2, 0.25) is 0 Å². The zero-order chi connectivity index (χ0) is 17.1. The van der Waals surface area contributed by atoms with E-state index in [-0.39, 0.29) is 0 Å². The number of ether oxygens (including phenoxy) is 2. The number of benzene rings is 1. The van der Waals surface area contributed by atoms with Crippen LogP contribution in [0.15, 0.2) is 30.3 Å². The maximum absolute atomic E-state index is 12.2. The van der Waals surface area contributed by atoms with E-state index in [9.17, 15) is 9.59 Å². The Morgan fingerprint density at radius 2 is 2.04 bits per heavy atom. The molecule has 1 N–H and O–H groups in total. The number of rotatable bonds is 5. The lowest BCUT2D eigenvalue weighted by Gasteiger charge is -2.14. The number of nitrogens with one attached hydrogen (secondary N) is 1. The monoisotopic (exact) mass is 345 g/mol. The van der Waals surface area contributed by atoms with Crippen molar-refractivity contribution in [1.82, 2.24) is 0 Å². The molecule has 1 amide bonds. The first-order valence-electron chi connectivity index (χ1n) is 7.85. The highest BCUT2D eigenvalue weighted by atomic mass is 32.1. The molecule has 0 unspecified atom stereocenters. The van der Waals surface area contributed by atoms with Crippen LogP contribution >= 0.6 is 11.3 Å². The second kappa shape index (κ2) is 7.05. The molecule has 6 heteroatoms. The molecule has 1 atom stereocenters. The van der Waals surface area contributed by atoms with Crippen molar-refractivity contribution < 1.29 is 19.1 Å². The molecule has 0 saturated heterocycles. The van der Waals surface area contributed by atoms with Crippen molar-refractivity contribution in [2.75, 3.05) is 12.4 Å². The molecule has 3 rings (SSSR count). The molecule has 0 aliphatic heterocycles. The number of amides is 1. The van der Waals surface area contributed by atoms with E-state index in [1.807, 2.05) is 12.1 Å². The van der Waals surface area contributed by atoms with Crippen molar-refractivity contribution in [3.63, 3.8) is 0 Å². The summed E-state index contributed by atoms with van der Waals surface area (Å²) in [5.41, 5.74) is 1.78. The molecule has 2 aromatic rings. The third kappa shape index (κ3) is 3.43. The van der Waals surface area contributed by atoms with Gasteiger partial charge < -0.3 is 14.8 Å². The highest BCUT2D eigenvalue weighted by Gasteiger charge is 2.23. The zero-order valence-electron chi connectivity index (χ0n) is 13.6. The first-order chi connectivity index (χ1) is 11.6. The van der Waals surface area contributed by atoms with Gasteiger partial charge in [0.2, 0.25) is 0 Å². The Hall–Kier alpha value is -2.34. The van der Waals surface area contributed by atoms with E-state index in [2.05, 4.69) is 5.32 Å². The number of aryl methyl sites for hydroxylation is 2. The molecule has 0 bridgehead atoms. The van der Waals surface area contributed by atoms with Gasteiger partial charge in [0.1, 0.15) is 10.6 Å². The van der Waals surface area contributed by atoms with Crippen molar-refractivity contribution in [3.8, 4) is 5.75 Å². The molecular weight excluding hydrogens is 326 g/mol. The van der Waals surface area contributed by atoms with E-state index >= 15 is 0 Å². The average molecular weight is 345 g/mol. The largest absolute Gasteiger partial charge is 0.495 e. The Morgan fingerprint density at radius 1 is 1.25 bits per heavy atom. The Morgan fingerprint density at radius 3 is 2.79 bits per heavy atom. The molecule has 126 valence electrons. The number of carbonyl (C=O) groups is 2. The van der Waals surface area contributed by atoms with Crippen molar-refractivity contribution in [1.29, 1.82) is 0 Å². The third-order valence-electron chi connectivity index (χ3n) is 3.97. The number of anilines is 1. The number of hydrogen-bond acceptors (Lipinski definition) is 5. The molecule has 0 radical (unpaired) electrons. The minimum Gasteiger partial charge on any atom is -0.495 e. The van der Waals surface area contributed by atoms with Gasteiger partial charge in [-0.05, 0) is 49.9 Å². The van der Waals surface area contributed by atoms with Gasteiger partial charge in [0.25, 0.3) is 5.91 Å². The van der Waals surface area contributed by atoms with Gasteiger partial charge in [0.15, 0.2) is 6.10 Å². The molecule has 1 aromatic heterocycles. The van der Waals surface area contributed by atoms with Gasteiger partial charge in [-0.25, -0.2) is 4.79 Å². The van der Waals surface area contributed by atoms with E-state index < -0.39 is 18.0 Å². The predicted molar refractivity (Wildman–Crippen MR) is 92.8 cm³/mol. The molecule has 0 fully saturated rings. The number of para-hydroxylation sites is 2. The lowest BCUT2D eigenvalue weighted by molar-refractivity contribution is -0.123. The van der Waals surface area contributed by atoms with Gasteiger partial charge in [-0.15, -0.1) is 11.3 Å². The average Bonchev–Trinajstić information content (AvgIpc) is 3.16. The van der Waals surface area contributed by atoms with Crippen LogP contribution in [0.25, 0.3) is 0 Å². The van der Waals surface area contributed by atoms with E-state index in [4.69, 9.17) is 9.47 Å². The number of esters is 1. The predicted octanol–water partition coefficient (Wildman–Crippen LogP) is 3.43. The molecule has 1 heterocycles. The fourth-order valence-corrected chi connectivity index (χ4v) is 3.82.